The summed E-state index contributed by atoms with van der Waals surface area (Å²) >= 11 is 0. The Morgan fingerprint density at radius 2 is 2.06 bits per heavy atom. The molecule has 0 aromatic heterocycles. The molecule has 1 aliphatic heterocycles. The smallest absolute Gasteiger partial charge is 0.248 e. The Balaban J connectivity index is 2.03. The van der Waals surface area contributed by atoms with Crippen molar-refractivity contribution >= 4 is 11.8 Å². The van der Waals surface area contributed by atoms with Crippen LogP contribution in [0.15, 0.2) is 24.3 Å². The van der Waals surface area contributed by atoms with Crippen molar-refractivity contribution in [1.29, 1.82) is 0 Å². The molecule has 0 saturated carbocycles. The number of primary amides is 1. The summed E-state index contributed by atoms with van der Waals surface area (Å²) in [5.74, 6) is -0.329. The van der Waals surface area contributed by atoms with E-state index in [9.17, 15) is 9.59 Å². The third-order valence-corrected chi connectivity index (χ3v) is 2.80. The second-order valence-corrected chi connectivity index (χ2v) is 4.05. The summed E-state index contributed by atoms with van der Waals surface area (Å²) in [4.78, 5) is 24.3. The molecular formula is C12H15N3O2. The van der Waals surface area contributed by atoms with Gasteiger partial charge in [0.1, 0.15) is 0 Å². The molecule has 1 fully saturated rings. The van der Waals surface area contributed by atoms with Crippen molar-refractivity contribution in [3.63, 3.8) is 0 Å². The SMILES string of the molecule is NC(=O)c1ccc(CN2CCNCC2=O)cc1. The van der Waals surface area contributed by atoms with Crippen molar-refractivity contribution in [3.05, 3.63) is 35.4 Å². The minimum Gasteiger partial charge on any atom is -0.366 e. The lowest BCUT2D eigenvalue weighted by Crippen LogP contribution is -2.47. The summed E-state index contributed by atoms with van der Waals surface area (Å²) in [6.07, 6.45) is 0. The molecule has 1 aromatic rings. The third kappa shape index (κ3) is 2.82. The molecule has 90 valence electrons. The molecule has 1 aromatic carbocycles. The standard InChI is InChI=1S/C12H15N3O2/c13-12(17)10-3-1-9(2-4-10)8-15-6-5-14-7-11(15)16/h1-4,14H,5-8H2,(H2,13,17). The van der Waals surface area contributed by atoms with Gasteiger partial charge in [-0.3, -0.25) is 9.59 Å². The maximum atomic E-state index is 11.6. The van der Waals surface area contributed by atoms with E-state index in [0.717, 1.165) is 18.7 Å². The van der Waals surface area contributed by atoms with Gasteiger partial charge in [0.05, 0.1) is 6.54 Å². The van der Waals surface area contributed by atoms with Crippen molar-refractivity contribution in [2.75, 3.05) is 19.6 Å². The Hall–Kier alpha value is -1.88. The van der Waals surface area contributed by atoms with Crippen LogP contribution in [0.2, 0.25) is 0 Å². The van der Waals surface area contributed by atoms with Gasteiger partial charge in [0.15, 0.2) is 0 Å². The van der Waals surface area contributed by atoms with Gasteiger partial charge in [-0.1, -0.05) is 12.1 Å². The van der Waals surface area contributed by atoms with Crippen molar-refractivity contribution in [2.45, 2.75) is 6.54 Å². The predicted octanol–water partition coefficient (Wildman–Crippen LogP) is -0.283. The van der Waals surface area contributed by atoms with E-state index in [2.05, 4.69) is 5.32 Å². The van der Waals surface area contributed by atoms with Crippen LogP contribution in [0.4, 0.5) is 0 Å². The van der Waals surface area contributed by atoms with Gasteiger partial charge in [-0.25, -0.2) is 0 Å². The van der Waals surface area contributed by atoms with Gasteiger partial charge in [0, 0.05) is 25.2 Å². The average molecular weight is 233 g/mol. The van der Waals surface area contributed by atoms with Crippen LogP contribution in [0.3, 0.4) is 0 Å². The van der Waals surface area contributed by atoms with Gasteiger partial charge in [-0.05, 0) is 17.7 Å². The molecule has 0 spiro atoms. The Morgan fingerprint density at radius 3 is 2.65 bits per heavy atom. The van der Waals surface area contributed by atoms with Crippen LogP contribution in [-0.2, 0) is 11.3 Å². The number of carbonyl (C=O) groups excluding carboxylic acids is 2. The molecule has 17 heavy (non-hydrogen) atoms. The largest absolute Gasteiger partial charge is 0.366 e. The minimum atomic E-state index is -0.435. The van der Waals surface area contributed by atoms with Gasteiger partial charge >= 0.3 is 0 Å². The number of rotatable bonds is 3. The number of amides is 2. The van der Waals surface area contributed by atoms with Gasteiger partial charge in [-0.15, -0.1) is 0 Å². The van der Waals surface area contributed by atoms with E-state index < -0.39 is 5.91 Å². The molecule has 1 aliphatic rings. The van der Waals surface area contributed by atoms with Gasteiger partial charge in [0.2, 0.25) is 11.8 Å². The lowest BCUT2D eigenvalue weighted by Gasteiger charge is -2.27. The van der Waals surface area contributed by atoms with E-state index in [1.165, 1.54) is 0 Å². The number of nitrogens with two attached hydrogens (primary N) is 1. The van der Waals surface area contributed by atoms with E-state index in [1.807, 2.05) is 12.1 Å². The lowest BCUT2D eigenvalue weighted by molar-refractivity contribution is -0.132. The lowest BCUT2D eigenvalue weighted by atomic mass is 10.1. The molecule has 0 bridgehead atoms. The van der Waals surface area contributed by atoms with E-state index in [0.29, 0.717) is 18.7 Å². The summed E-state index contributed by atoms with van der Waals surface area (Å²) in [5, 5.41) is 3.02. The first-order valence-corrected chi connectivity index (χ1v) is 5.54. The van der Waals surface area contributed by atoms with Crippen LogP contribution in [-0.4, -0.2) is 36.3 Å². The van der Waals surface area contributed by atoms with Gasteiger partial charge in [-0.2, -0.15) is 0 Å². The van der Waals surface area contributed by atoms with Gasteiger partial charge in [0.25, 0.3) is 0 Å². The van der Waals surface area contributed by atoms with Crippen LogP contribution in [0.1, 0.15) is 15.9 Å². The summed E-state index contributed by atoms with van der Waals surface area (Å²) < 4.78 is 0. The highest BCUT2D eigenvalue weighted by atomic mass is 16.2. The molecule has 2 amide bonds. The second-order valence-electron chi connectivity index (χ2n) is 4.05. The van der Waals surface area contributed by atoms with Crippen LogP contribution in [0, 0.1) is 0 Å². The Kier molecular flexibility index (Phi) is 3.39. The maximum absolute atomic E-state index is 11.6. The monoisotopic (exact) mass is 233 g/mol. The number of carbonyl (C=O) groups is 2. The van der Waals surface area contributed by atoms with Gasteiger partial charge < -0.3 is 16.0 Å². The zero-order valence-corrected chi connectivity index (χ0v) is 9.48. The molecule has 0 atom stereocenters. The number of nitrogens with zero attached hydrogens (tertiary/aromatic N) is 1. The van der Waals surface area contributed by atoms with Crippen molar-refractivity contribution < 1.29 is 9.59 Å². The minimum absolute atomic E-state index is 0.107. The molecule has 0 radical (unpaired) electrons. The molecule has 1 saturated heterocycles. The average Bonchev–Trinajstić information content (AvgIpc) is 2.33. The Labute approximate surface area is 99.6 Å². The molecule has 2 rings (SSSR count). The summed E-state index contributed by atoms with van der Waals surface area (Å²) in [6.45, 7) is 2.53. The number of nitrogens with one attached hydrogen (secondary N) is 1. The first kappa shape index (κ1) is 11.6. The predicted molar refractivity (Wildman–Crippen MR) is 63.2 cm³/mol. The number of piperazine rings is 1. The Bertz CT molecular complexity index is 428. The fourth-order valence-corrected chi connectivity index (χ4v) is 1.81. The highest BCUT2D eigenvalue weighted by molar-refractivity contribution is 5.92. The van der Waals surface area contributed by atoms with Crippen LogP contribution in [0.5, 0.6) is 0 Å². The zero-order chi connectivity index (χ0) is 12.3. The number of hydrogen-bond donors (Lipinski definition) is 2. The van der Waals surface area contributed by atoms with E-state index >= 15 is 0 Å². The fourth-order valence-electron chi connectivity index (χ4n) is 1.81. The van der Waals surface area contributed by atoms with Crippen LogP contribution < -0.4 is 11.1 Å². The summed E-state index contributed by atoms with van der Waals surface area (Å²) in [5.41, 5.74) is 6.65. The zero-order valence-electron chi connectivity index (χ0n) is 9.48. The molecule has 0 aliphatic carbocycles. The van der Waals surface area contributed by atoms with Crippen molar-refractivity contribution in [3.8, 4) is 0 Å². The highest BCUT2D eigenvalue weighted by Crippen LogP contribution is 2.08. The van der Waals surface area contributed by atoms with Crippen LogP contribution >= 0.6 is 0 Å². The Morgan fingerprint density at radius 1 is 1.35 bits per heavy atom. The molecule has 0 unspecified atom stereocenters. The first-order chi connectivity index (χ1) is 8.16. The number of hydrogen-bond acceptors (Lipinski definition) is 3. The highest BCUT2D eigenvalue weighted by Gasteiger charge is 2.17. The third-order valence-electron chi connectivity index (χ3n) is 2.80. The molecule has 5 nitrogen and oxygen atoms in total. The van der Waals surface area contributed by atoms with E-state index in [1.54, 1.807) is 17.0 Å². The summed E-state index contributed by atoms with van der Waals surface area (Å²) in [7, 11) is 0. The van der Waals surface area contributed by atoms with Crippen molar-refractivity contribution in [1.82, 2.24) is 10.2 Å². The number of benzene rings is 1. The van der Waals surface area contributed by atoms with Crippen molar-refractivity contribution in [2.24, 2.45) is 5.73 Å². The van der Waals surface area contributed by atoms with E-state index in [4.69, 9.17) is 5.73 Å². The van der Waals surface area contributed by atoms with Crippen LogP contribution in [0.25, 0.3) is 0 Å². The summed E-state index contributed by atoms with van der Waals surface area (Å²) in [6, 6.07) is 7.03. The molecule has 3 N–H and O–H groups in total. The fraction of sp³-hybridized carbons (Fsp3) is 0.333. The van der Waals surface area contributed by atoms with E-state index in [-0.39, 0.29) is 5.91 Å². The molecule has 5 heteroatoms. The quantitative estimate of drug-likeness (QED) is 0.753. The molecule has 1 heterocycles. The second kappa shape index (κ2) is 4.97. The normalized spacial score (nSPS) is 16.0. The first-order valence-electron chi connectivity index (χ1n) is 5.54. The maximum Gasteiger partial charge on any atom is 0.248 e. The topological polar surface area (TPSA) is 75.4 Å². The molecular weight excluding hydrogens is 218 g/mol.